The number of ether oxygens (including phenoxy) is 2. The van der Waals surface area contributed by atoms with Crippen LogP contribution >= 0.6 is 0 Å². The molecule has 7 rings (SSSR count). The molecule has 0 fully saturated rings. The number of benzene rings is 4. The number of methoxy groups -OCH3 is 2. The van der Waals surface area contributed by atoms with E-state index in [2.05, 4.69) is 141 Å². The van der Waals surface area contributed by atoms with E-state index in [9.17, 15) is 9.59 Å². The van der Waals surface area contributed by atoms with Crippen molar-refractivity contribution >= 4 is 40.4 Å². The van der Waals surface area contributed by atoms with E-state index in [0.29, 0.717) is 11.1 Å². The fourth-order valence-electron chi connectivity index (χ4n) is 8.41. The third-order valence-electron chi connectivity index (χ3n) is 11.3. The van der Waals surface area contributed by atoms with Crippen molar-refractivity contribution in [3.05, 3.63) is 166 Å². The molecule has 7 heteroatoms. The minimum absolute atomic E-state index is 0.334. The molecule has 0 radical (unpaired) electrons. The Morgan fingerprint density at radius 2 is 1.30 bits per heavy atom. The highest BCUT2D eigenvalue weighted by Crippen LogP contribution is 2.48. The van der Waals surface area contributed by atoms with Gasteiger partial charge in [0.25, 0.3) is 0 Å². The molecule has 2 heterocycles. The average Bonchev–Trinajstić information content (AvgIpc) is 3.73. The molecule has 0 atom stereocenters. The Bertz CT molecular complexity index is 2270. The van der Waals surface area contributed by atoms with E-state index in [1.165, 1.54) is 25.4 Å². The summed E-state index contributed by atoms with van der Waals surface area (Å²) in [7, 11) is 7.03. The summed E-state index contributed by atoms with van der Waals surface area (Å²) >= 11 is 0. The van der Waals surface area contributed by atoms with E-state index in [4.69, 9.17) is 9.47 Å². The molecule has 2 aliphatic heterocycles. The number of carbonyl (C=O) groups excluding carboxylic acids is 2. The van der Waals surface area contributed by atoms with Gasteiger partial charge in [0, 0.05) is 52.9 Å². The first-order chi connectivity index (χ1) is 25.9. The number of carbonyl (C=O) groups is 2. The highest BCUT2D eigenvalue weighted by Gasteiger charge is 2.44. The normalized spacial score (nSPS) is 18.5. The van der Waals surface area contributed by atoms with Crippen molar-refractivity contribution in [2.24, 2.45) is 0 Å². The average molecular weight is 719 g/mol. The Kier molecular flexibility index (Phi) is 9.52. The number of rotatable bonds is 8. The lowest BCUT2D eigenvalue weighted by molar-refractivity contribution is -0.401. The number of nitrogens with zero attached hydrogens (tertiary/aromatic N) is 3. The molecule has 1 aliphatic carbocycles. The molecular weight excluding hydrogens is 671 g/mol. The summed E-state index contributed by atoms with van der Waals surface area (Å²) in [6.07, 6.45) is 10.8. The molecule has 0 amide bonds. The molecule has 0 saturated carbocycles. The van der Waals surface area contributed by atoms with Gasteiger partial charge in [0.2, 0.25) is 5.69 Å². The largest absolute Gasteiger partial charge is 0.465 e. The van der Waals surface area contributed by atoms with Crippen LogP contribution in [0.5, 0.6) is 0 Å². The van der Waals surface area contributed by atoms with Gasteiger partial charge in [0.05, 0.1) is 36.5 Å². The molecule has 4 aromatic rings. The van der Waals surface area contributed by atoms with Gasteiger partial charge >= 0.3 is 11.9 Å². The molecule has 0 saturated heterocycles. The lowest BCUT2D eigenvalue weighted by atomic mass is 9.80. The van der Waals surface area contributed by atoms with Gasteiger partial charge in [0.1, 0.15) is 7.05 Å². The fraction of sp³-hybridized carbons (Fsp3) is 0.255. The zero-order valence-corrected chi connectivity index (χ0v) is 32.4. The molecular formula is C47H48N3O4+. The predicted octanol–water partition coefficient (Wildman–Crippen LogP) is 9.95. The van der Waals surface area contributed by atoms with Crippen LogP contribution in [0, 0.1) is 0 Å². The predicted molar refractivity (Wildman–Crippen MR) is 217 cm³/mol. The maximum Gasteiger partial charge on any atom is 0.337 e. The minimum Gasteiger partial charge on any atom is -0.465 e. The molecule has 274 valence electrons. The van der Waals surface area contributed by atoms with Gasteiger partial charge in [-0.2, -0.15) is 4.58 Å². The quantitative estimate of drug-likeness (QED) is 0.134. The van der Waals surface area contributed by atoms with Crippen molar-refractivity contribution in [2.75, 3.05) is 38.1 Å². The van der Waals surface area contributed by atoms with E-state index < -0.39 is 0 Å². The standard InChI is InChI=1S/C47H48N3O4/c1-46(2)37-29-33(44(51)53-7)21-25-39(37)48(5)41(46)27-23-31-19-20-32(43(31)50(35-15-11-9-12-16-35)36-17-13-10-14-18-36)24-28-42-47(3,4)38-30-34(45(52)54-8)22-26-40(38)49(42)6/h9-18,21-30H,19-20H2,1-8H3/q+1. The van der Waals surface area contributed by atoms with Crippen LogP contribution in [0.25, 0.3) is 0 Å². The van der Waals surface area contributed by atoms with Crippen molar-refractivity contribution in [3.8, 4) is 0 Å². The fourth-order valence-corrected chi connectivity index (χ4v) is 8.41. The second-order valence-corrected chi connectivity index (χ2v) is 15.2. The van der Waals surface area contributed by atoms with Gasteiger partial charge in [-0.3, -0.25) is 0 Å². The highest BCUT2D eigenvalue weighted by molar-refractivity contribution is 6.04. The van der Waals surface area contributed by atoms with E-state index in [-0.39, 0.29) is 22.8 Å². The first-order valence-electron chi connectivity index (χ1n) is 18.4. The van der Waals surface area contributed by atoms with Crippen molar-refractivity contribution in [3.63, 3.8) is 0 Å². The summed E-state index contributed by atoms with van der Waals surface area (Å²) in [5.41, 5.74) is 12.9. The Morgan fingerprint density at radius 3 is 1.89 bits per heavy atom. The smallest absolute Gasteiger partial charge is 0.337 e. The van der Waals surface area contributed by atoms with E-state index in [1.807, 2.05) is 36.4 Å². The van der Waals surface area contributed by atoms with Crippen LogP contribution in [-0.2, 0) is 20.3 Å². The van der Waals surface area contributed by atoms with Crippen LogP contribution in [0.3, 0.4) is 0 Å². The maximum atomic E-state index is 12.5. The van der Waals surface area contributed by atoms with Gasteiger partial charge in [-0.1, -0.05) is 62.4 Å². The minimum atomic E-state index is -0.340. The molecule has 0 unspecified atom stereocenters. The molecule has 0 N–H and O–H groups in total. The summed E-state index contributed by atoms with van der Waals surface area (Å²) in [6.45, 7) is 8.85. The monoisotopic (exact) mass is 718 g/mol. The summed E-state index contributed by atoms with van der Waals surface area (Å²) in [4.78, 5) is 29.5. The molecule has 54 heavy (non-hydrogen) atoms. The topological polar surface area (TPSA) is 62.1 Å². The third-order valence-corrected chi connectivity index (χ3v) is 11.3. The van der Waals surface area contributed by atoms with Crippen LogP contribution in [0.4, 0.5) is 22.7 Å². The molecule has 7 nitrogen and oxygen atoms in total. The second-order valence-electron chi connectivity index (χ2n) is 15.2. The van der Waals surface area contributed by atoms with Gasteiger partial charge in [-0.15, -0.1) is 0 Å². The Hall–Kier alpha value is -5.95. The van der Waals surface area contributed by atoms with E-state index in [1.54, 1.807) is 0 Å². The highest BCUT2D eigenvalue weighted by atomic mass is 16.5. The Balaban J connectivity index is 1.35. The van der Waals surface area contributed by atoms with Crippen LogP contribution in [-0.4, -0.2) is 50.5 Å². The van der Waals surface area contributed by atoms with Crippen LogP contribution < -0.4 is 9.80 Å². The van der Waals surface area contributed by atoms with Crippen molar-refractivity contribution < 1.29 is 23.6 Å². The van der Waals surface area contributed by atoms with Gasteiger partial charge in [0.15, 0.2) is 5.71 Å². The van der Waals surface area contributed by atoms with Gasteiger partial charge in [-0.05, 0) is 104 Å². The Labute approximate surface area is 318 Å². The van der Waals surface area contributed by atoms with Crippen LogP contribution in [0.2, 0.25) is 0 Å². The summed E-state index contributed by atoms with van der Waals surface area (Å²) in [5.74, 6) is -0.668. The Morgan fingerprint density at radius 1 is 0.722 bits per heavy atom. The number of para-hydroxylation sites is 2. The number of esters is 2. The van der Waals surface area contributed by atoms with Crippen molar-refractivity contribution in [2.45, 2.75) is 51.4 Å². The van der Waals surface area contributed by atoms with E-state index >= 15 is 0 Å². The van der Waals surface area contributed by atoms with Crippen LogP contribution in [0.15, 0.2) is 144 Å². The second kappa shape index (κ2) is 14.1. The first kappa shape index (κ1) is 36.4. The number of anilines is 3. The van der Waals surface area contributed by atoms with Crippen LogP contribution in [0.1, 0.15) is 72.4 Å². The lowest BCUT2D eigenvalue weighted by Crippen LogP contribution is -2.27. The molecule has 4 aromatic carbocycles. The lowest BCUT2D eigenvalue weighted by Gasteiger charge is -2.29. The molecule has 0 aromatic heterocycles. The number of hydrogen-bond acceptors (Lipinski definition) is 6. The zero-order valence-electron chi connectivity index (χ0n) is 32.4. The third kappa shape index (κ3) is 6.17. The summed E-state index contributed by atoms with van der Waals surface area (Å²) in [5, 5.41) is 0. The first-order valence-corrected chi connectivity index (χ1v) is 18.4. The number of likely N-dealkylation sites (N-methyl/N-ethyl adjacent to an activating group) is 1. The molecule has 0 bridgehead atoms. The number of fused-ring (bicyclic) bond motifs is 2. The van der Waals surface area contributed by atoms with Crippen molar-refractivity contribution in [1.29, 1.82) is 0 Å². The SMILES string of the molecule is COC(=O)c1ccc2c(c1)C(C)(C)C(/C=C/C1=C(N(c3ccccc3)c3ccccc3)C(=C/C=C3/N(C)c4ccc(C(=O)OC)cc4C3(C)C)/CC1)=[N+]2C. The van der Waals surface area contributed by atoms with Crippen molar-refractivity contribution in [1.82, 2.24) is 0 Å². The molecule has 3 aliphatic rings. The van der Waals surface area contributed by atoms with E-state index in [0.717, 1.165) is 63.8 Å². The number of allylic oxidation sites excluding steroid dienone is 7. The summed E-state index contributed by atoms with van der Waals surface area (Å²) in [6, 6.07) is 32.7. The maximum absolute atomic E-state index is 12.5. The van der Waals surface area contributed by atoms with Gasteiger partial charge in [-0.25, -0.2) is 9.59 Å². The zero-order chi connectivity index (χ0) is 38.4. The summed E-state index contributed by atoms with van der Waals surface area (Å²) < 4.78 is 12.3. The number of hydrogen-bond donors (Lipinski definition) is 0. The van der Waals surface area contributed by atoms with Gasteiger partial charge < -0.3 is 19.3 Å². The molecule has 0 spiro atoms.